The van der Waals surface area contributed by atoms with E-state index in [4.69, 9.17) is 32.7 Å². The van der Waals surface area contributed by atoms with Crippen LogP contribution < -0.4 is 10.1 Å². The Morgan fingerprint density at radius 2 is 2.08 bits per heavy atom. The first-order valence-electron chi connectivity index (χ1n) is 11.1. The summed E-state index contributed by atoms with van der Waals surface area (Å²) < 4.78 is 12.7. The molecule has 0 saturated heterocycles. The van der Waals surface area contributed by atoms with Crippen molar-refractivity contribution >= 4 is 63.2 Å². The summed E-state index contributed by atoms with van der Waals surface area (Å²) in [7, 11) is 0. The van der Waals surface area contributed by atoms with Crippen molar-refractivity contribution in [2.75, 3.05) is 24.3 Å². The fourth-order valence-electron chi connectivity index (χ4n) is 3.19. The van der Waals surface area contributed by atoms with E-state index in [-0.39, 0.29) is 18.3 Å². The largest absolute Gasteiger partial charge is 0.492 e. The lowest BCUT2D eigenvalue weighted by molar-refractivity contribution is -0.113. The molecule has 12 heteroatoms. The van der Waals surface area contributed by atoms with Crippen LogP contribution in [-0.4, -0.2) is 45.6 Å². The molecule has 1 amide bonds. The van der Waals surface area contributed by atoms with E-state index in [1.807, 2.05) is 11.5 Å². The number of halogens is 2. The summed E-state index contributed by atoms with van der Waals surface area (Å²) in [6, 6.07) is 6.80. The molecule has 2 aromatic heterocycles. The molecule has 8 nitrogen and oxygen atoms in total. The SMILES string of the molecule is C=CCn1c(CCCOc2ccc(Cl)cc2Cl)nnc1SCC(=O)Nc1sc(C)cc1C(=O)OCC. The second-order valence-electron chi connectivity index (χ2n) is 7.48. The van der Waals surface area contributed by atoms with E-state index in [0.717, 1.165) is 10.7 Å². The van der Waals surface area contributed by atoms with Crippen LogP contribution in [0.4, 0.5) is 5.00 Å². The van der Waals surface area contributed by atoms with Gasteiger partial charge in [0.05, 0.1) is 29.6 Å². The lowest BCUT2D eigenvalue weighted by Crippen LogP contribution is -2.16. The van der Waals surface area contributed by atoms with E-state index >= 15 is 0 Å². The molecule has 0 aliphatic heterocycles. The summed E-state index contributed by atoms with van der Waals surface area (Å²) in [6.45, 7) is 8.62. The molecule has 3 aromatic rings. The number of hydrogen-bond donors (Lipinski definition) is 1. The van der Waals surface area contributed by atoms with Crippen LogP contribution in [0.1, 0.15) is 34.4 Å². The quantitative estimate of drug-likeness (QED) is 0.116. The number of nitrogens with one attached hydrogen (secondary N) is 1. The summed E-state index contributed by atoms with van der Waals surface area (Å²) in [5.74, 6) is 0.731. The standard InChI is InChI=1S/C24H26Cl2N4O4S2/c1-4-10-30-20(7-6-11-34-19-9-8-16(25)13-18(19)26)28-29-24(30)35-14-21(31)27-22-17(12-15(3)36-22)23(32)33-5-2/h4,8-9,12-13H,1,5-7,10-11,14H2,2-3H3,(H,27,31). The second-order valence-corrected chi connectivity index (χ2v) is 10.5. The number of rotatable bonds is 13. The monoisotopic (exact) mass is 568 g/mol. The van der Waals surface area contributed by atoms with E-state index in [1.165, 1.54) is 23.1 Å². The van der Waals surface area contributed by atoms with Crippen LogP contribution in [-0.2, 0) is 22.5 Å². The fourth-order valence-corrected chi connectivity index (χ4v) is 5.33. The average Bonchev–Trinajstić information content (AvgIpc) is 3.39. The number of amides is 1. The van der Waals surface area contributed by atoms with E-state index in [2.05, 4.69) is 22.1 Å². The third-order valence-electron chi connectivity index (χ3n) is 4.74. The van der Waals surface area contributed by atoms with Gasteiger partial charge >= 0.3 is 5.97 Å². The molecule has 0 radical (unpaired) electrons. The Balaban J connectivity index is 1.55. The number of carbonyl (C=O) groups is 2. The number of nitrogens with zero attached hydrogens (tertiary/aromatic N) is 3. The highest BCUT2D eigenvalue weighted by atomic mass is 35.5. The molecule has 0 fully saturated rings. The number of ether oxygens (including phenoxy) is 2. The maximum absolute atomic E-state index is 12.6. The summed E-state index contributed by atoms with van der Waals surface area (Å²) >= 11 is 14.6. The Morgan fingerprint density at radius 3 is 2.81 bits per heavy atom. The Morgan fingerprint density at radius 1 is 1.28 bits per heavy atom. The first kappa shape index (κ1) is 28.0. The number of aryl methyl sites for hydroxylation is 2. The number of esters is 1. The number of hydrogen-bond acceptors (Lipinski definition) is 8. The number of carbonyl (C=O) groups excluding carboxylic acids is 2. The number of allylic oxidation sites excluding steroid dienone is 1. The van der Waals surface area contributed by atoms with Crippen LogP contribution >= 0.6 is 46.3 Å². The van der Waals surface area contributed by atoms with Gasteiger partial charge in [-0.05, 0) is 44.5 Å². The molecule has 192 valence electrons. The molecule has 0 unspecified atom stereocenters. The van der Waals surface area contributed by atoms with Gasteiger partial charge in [0.15, 0.2) is 5.16 Å². The lowest BCUT2D eigenvalue weighted by atomic mass is 10.3. The van der Waals surface area contributed by atoms with Crippen LogP contribution in [0.2, 0.25) is 10.0 Å². The normalized spacial score (nSPS) is 10.8. The van der Waals surface area contributed by atoms with Crippen LogP contribution in [0.3, 0.4) is 0 Å². The van der Waals surface area contributed by atoms with E-state index in [1.54, 1.807) is 37.3 Å². The second kappa shape index (κ2) is 13.7. The van der Waals surface area contributed by atoms with Gasteiger partial charge in [-0.1, -0.05) is 41.0 Å². The molecule has 2 heterocycles. The molecule has 36 heavy (non-hydrogen) atoms. The van der Waals surface area contributed by atoms with Gasteiger partial charge in [-0.25, -0.2) is 4.79 Å². The molecule has 0 bridgehead atoms. The van der Waals surface area contributed by atoms with Crippen molar-refractivity contribution in [3.63, 3.8) is 0 Å². The summed E-state index contributed by atoms with van der Waals surface area (Å²) in [6.07, 6.45) is 3.06. The van der Waals surface area contributed by atoms with Crippen molar-refractivity contribution in [1.29, 1.82) is 0 Å². The Kier molecular flexibility index (Phi) is 10.7. The number of anilines is 1. The van der Waals surface area contributed by atoms with Crippen molar-refractivity contribution in [3.8, 4) is 5.75 Å². The van der Waals surface area contributed by atoms with E-state index < -0.39 is 5.97 Å². The van der Waals surface area contributed by atoms with Crippen LogP contribution in [0.15, 0.2) is 42.1 Å². The maximum atomic E-state index is 12.6. The number of aromatic nitrogens is 3. The molecule has 3 rings (SSSR count). The zero-order valence-corrected chi connectivity index (χ0v) is 23.0. The highest BCUT2D eigenvalue weighted by Crippen LogP contribution is 2.29. The van der Waals surface area contributed by atoms with Gasteiger partial charge in [-0.15, -0.1) is 28.1 Å². The highest BCUT2D eigenvalue weighted by Gasteiger charge is 2.19. The predicted octanol–water partition coefficient (Wildman–Crippen LogP) is 6.06. The van der Waals surface area contributed by atoms with Crippen molar-refractivity contribution in [3.05, 3.63) is 63.2 Å². The summed E-state index contributed by atoms with van der Waals surface area (Å²) in [5, 5.41) is 13.4. The minimum atomic E-state index is -0.456. The maximum Gasteiger partial charge on any atom is 0.341 e. The molecular weight excluding hydrogens is 543 g/mol. The van der Waals surface area contributed by atoms with Crippen molar-refractivity contribution in [2.45, 2.75) is 38.4 Å². The van der Waals surface area contributed by atoms with Crippen LogP contribution in [0.5, 0.6) is 5.75 Å². The molecule has 0 aliphatic carbocycles. The molecule has 1 N–H and O–H groups in total. The number of thioether (sulfide) groups is 1. The molecule has 0 spiro atoms. The van der Waals surface area contributed by atoms with Crippen LogP contribution in [0.25, 0.3) is 0 Å². The van der Waals surface area contributed by atoms with E-state index in [9.17, 15) is 9.59 Å². The van der Waals surface area contributed by atoms with Gasteiger partial charge in [0.2, 0.25) is 5.91 Å². The van der Waals surface area contributed by atoms with Gasteiger partial charge in [0.25, 0.3) is 0 Å². The van der Waals surface area contributed by atoms with Gasteiger partial charge in [-0.3, -0.25) is 4.79 Å². The zero-order chi connectivity index (χ0) is 26.1. The summed E-state index contributed by atoms with van der Waals surface area (Å²) in [5.41, 5.74) is 0.358. The van der Waals surface area contributed by atoms with Crippen molar-refractivity contribution < 1.29 is 19.1 Å². The fraction of sp³-hybridized carbons (Fsp3) is 0.333. The topological polar surface area (TPSA) is 95.3 Å². The first-order chi connectivity index (χ1) is 17.3. The van der Waals surface area contributed by atoms with Crippen LogP contribution in [0, 0.1) is 6.92 Å². The summed E-state index contributed by atoms with van der Waals surface area (Å²) in [4.78, 5) is 25.7. The minimum Gasteiger partial charge on any atom is -0.492 e. The Bertz CT molecular complexity index is 1230. The predicted molar refractivity (Wildman–Crippen MR) is 145 cm³/mol. The number of thiophene rings is 1. The molecule has 0 saturated carbocycles. The first-order valence-corrected chi connectivity index (χ1v) is 13.7. The highest BCUT2D eigenvalue weighted by molar-refractivity contribution is 7.99. The smallest absolute Gasteiger partial charge is 0.341 e. The lowest BCUT2D eigenvalue weighted by Gasteiger charge is -2.10. The molecule has 1 aromatic carbocycles. The molecular formula is C24H26Cl2N4O4S2. The van der Waals surface area contributed by atoms with Crippen molar-refractivity contribution in [1.82, 2.24) is 14.8 Å². The molecule has 0 atom stereocenters. The van der Waals surface area contributed by atoms with Gasteiger partial charge in [0.1, 0.15) is 16.6 Å². The average molecular weight is 570 g/mol. The minimum absolute atomic E-state index is 0.104. The van der Waals surface area contributed by atoms with Crippen molar-refractivity contribution in [2.24, 2.45) is 0 Å². The Labute approximate surface area is 228 Å². The zero-order valence-electron chi connectivity index (χ0n) is 19.9. The molecule has 0 aliphatic rings. The van der Waals surface area contributed by atoms with Gasteiger partial charge in [0, 0.05) is 22.9 Å². The third-order valence-corrected chi connectivity index (χ3v) is 7.20. The van der Waals surface area contributed by atoms with E-state index in [0.29, 0.717) is 57.5 Å². The number of benzene rings is 1. The van der Waals surface area contributed by atoms with Gasteiger partial charge < -0.3 is 19.4 Å². The van der Waals surface area contributed by atoms with Gasteiger partial charge in [-0.2, -0.15) is 0 Å². The third kappa shape index (κ3) is 7.73. The Hall–Kier alpha value is -2.53.